The predicted octanol–water partition coefficient (Wildman–Crippen LogP) is 4.21. The normalized spacial score (nSPS) is 23.3. The topological polar surface area (TPSA) is 46.5 Å². The van der Waals surface area contributed by atoms with Crippen molar-refractivity contribution < 1.29 is 14.6 Å². The molecule has 0 fully saturated rings. The van der Waals surface area contributed by atoms with Crippen molar-refractivity contribution >= 4 is 22.3 Å². The minimum Gasteiger partial charge on any atom is -0.490 e. The Morgan fingerprint density at radius 3 is 2.58 bits per heavy atom. The van der Waals surface area contributed by atoms with Gasteiger partial charge in [-0.25, -0.2) is 0 Å². The molecule has 4 rings (SSSR count). The van der Waals surface area contributed by atoms with Crippen LogP contribution >= 0.6 is 0 Å². The first kappa shape index (κ1) is 15.4. The maximum atomic E-state index is 12.9. The van der Waals surface area contributed by atoms with Gasteiger partial charge < -0.3 is 9.84 Å². The lowest BCUT2D eigenvalue weighted by Crippen LogP contribution is -2.28. The summed E-state index contributed by atoms with van der Waals surface area (Å²) < 4.78 is 5.92. The molecule has 0 aromatic heterocycles. The quantitative estimate of drug-likeness (QED) is 0.790. The van der Waals surface area contributed by atoms with Crippen molar-refractivity contribution in [2.75, 3.05) is 0 Å². The zero-order valence-electron chi connectivity index (χ0n) is 14.5. The molecule has 0 amide bonds. The average Bonchev–Trinajstić information content (AvgIpc) is 2.92. The summed E-state index contributed by atoms with van der Waals surface area (Å²) in [5.41, 5.74) is 3.32. The Labute approximate surface area is 141 Å². The van der Waals surface area contributed by atoms with E-state index in [0.717, 1.165) is 21.9 Å². The fraction of sp³-hybridized carbons (Fsp3) is 0.381. The Kier molecular flexibility index (Phi) is 3.17. The lowest BCUT2D eigenvalue weighted by molar-refractivity contribution is 0.0800. The van der Waals surface area contributed by atoms with Crippen LogP contribution in [0.3, 0.4) is 0 Å². The molecule has 2 aliphatic rings. The van der Waals surface area contributed by atoms with Crippen LogP contribution in [-0.2, 0) is 10.2 Å². The van der Waals surface area contributed by atoms with Crippen LogP contribution in [-0.4, -0.2) is 23.1 Å². The third-order valence-electron chi connectivity index (χ3n) is 5.08. The van der Waals surface area contributed by atoms with E-state index in [2.05, 4.69) is 39.0 Å². The number of carbonyl (C=O) groups excluding carboxylic acids is 1. The molecular weight excluding hydrogens is 300 g/mol. The predicted molar refractivity (Wildman–Crippen MR) is 95.1 cm³/mol. The fourth-order valence-electron chi connectivity index (χ4n) is 3.73. The van der Waals surface area contributed by atoms with E-state index < -0.39 is 6.10 Å². The van der Waals surface area contributed by atoms with Crippen LogP contribution < -0.4 is 0 Å². The summed E-state index contributed by atoms with van der Waals surface area (Å²) in [5, 5.41) is 12.4. The Morgan fingerprint density at radius 1 is 1.17 bits per heavy atom. The van der Waals surface area contributed by atoms with Gasteiger partial charge in [-0.3, -0.25) is 4.79 Å². The van der Waals surface area contributed by atoms with Crippen molar-refractivity contribution in [1.82, 2.24) is 0 Å². The number of aliphatic hydroxyl groups is 1. The lowest BCUT2D eigenvalue weighted by Gasteiger charge is -2.24. The van der Waals surface area contributed by atoms with Crippen molar-refractivity contribution in [2.45, 2.75) is 51.7 Å². The highest BCUT2D eigenvalue weighted by Gasteiger charge is 2.39. The lowest BCUT2D eigenvalue weighted by atomic mass is 9.81. The second-order valence-corrected chi connectivity index (χ2v) is 7.93. The number of benzene rings is 2. The van der Waals surface area contributed by atoms with Gasteiger partial charge in [0, 0.05) is 23.1 Å². The van der Waals surface area contributed by atoms with Gasteiger partial charge in [-0.05, 0) is 40.8 Å². The first-order valence-corrected chi connectivity index (χ1v) is 8.47. The first-order valence-electron chi connectivity index (χ1n) is 8.47. The number of carbonyl (C=O) groups is 1. The number of fused-ring (bicyclic) bond motifs is 4. The van der Waals surface area contributed by atoms with E-state index in [1.54, 1.807) is 0 Å². The molecule has 1 aliphatic heterocycles. The summed E-state index contributed by atoms with van der Waals surface area (Å²) in [5.74, 6) is 0.491. The largest absolute Gasteiger partial charge is 0.490 e. The second kappa shape index (κ2) is 4.93. The van der Waals surface area contributed by atoms with Gasteiger partial charge in [-0.15, -0.1) is 0 Å². The highest BCUT2D eigenvalue weighted by atomic mass is 16.5. The zero-order chi connectivity index (χ0) is 17.2. The Balaban J connectivity index is 2.02. The number of Topliss-reactive ketones (excluding diaryl/α,β-unsaturated/α-hetero) is 1. The number of ether oxygens (including phenoxy) is 1. The molecule has 2 aromatic carbocycles. The summed E-state index contributed by atoms with van der Waals surface area (Å²) in [6.07, 6.45) is -0.469. The minimum atomic E-state index is -1.08. The van der Waals surface area contributed by atoms with E-state index in [4.69, 9.17) is 4.74 Å². The molecule has 2 aromatic rings. The summed E-state index contributed by atoms with van der Waals surface area (Å²) in [7, 11) is 0. The average molecular weight is 322 g/mol. The van der Waals surface area contributed by atoms with E-state index >= 15 is 0 Å². The molecule has 124 valence electrons. The molecule has 0 saturated carbocycles. The van der Waals surface area contributed by atoms with Crippen LogP contribution in [0.5, 0.6) is 0 Å². The van der Waals surface area contributed by atoms with Gasteiger partial charge in [0.2, 0.25) is 0 Å². The van der Waals surface area contributed by atoms with E-state index in [-0.39, 0.29) is 17.3 Å². The van der Waals surface area contributed by atoms with Crippen LogP contribution in [0.4, 0.5) is 0 Å². The second-order valence-electron chi connectivity index (χ2n) is 7.93. The van der Waals surface area contributed by atoms with Crippen LogP contribution in [0.1, 0.15) is 55.6 Å². The van der Waals surface area contributed by atoms with E-state index in [0.29, 0.717) is 17.7 Å². The van der Waals surface area contributed by atoms with Gasteiger partial charge in [-0.1, -0.05) is 39.0 Å². The third kappa shape index (κ3) is 2.11. The zero-order valence-corrected chi connectivity index (χ0v) is 14.5. The van der Waals surface area contributed by atoms with E-state index in [1.165, 1.54) is 5.56 Å². The fourth-order valence-corrected chi connectivity index (χ4v) is 3.73. The number of hydrogen-bond donors (Lipinski definition) is 1. The molecule has 1 aliphatic carbocycles. The van der Waals surface area contributed by atoms with Gasteiger partial charge in [0.15, 0.2) is 5.78 Å². The Bertz CT molecular complexity index is 899. The van der Waals surface area contributed by atoms with Crippen molar-refractivity contribution in [3.05, 3.63) is 52.6 Å². The molecule has 3 nitrogen and oxygen atoms in total. The molecule has 1 heterocycles. The number of rotatable bonds is 0. The van der Waals surface area contributed by atoms with Gasteiger partial charge in [0.05, 0.1) is 6.10 Å². The van der Waals surface area contributed by atoms with Crippen molar-refractivity contribution in [2.24, 2.45) is 0 Å². The van der Waals surface area contributed by atoms with Gasteiger partial charge in [0.1, 0.15) is 11.9 Å². The van der Waals surface area contributed by atoms with Gasteiger partial charge in [-0.2, -0.15) is 0 Å². The van der Waals surface area contributed by atoms with E-state index in [9.17, 15) is 9.90 Å². The standard InChI is InChI=1S/C21H22O3/c1-11-9-16-18(22)19(23)17-14(20(16)24-11)8-6-12-5-7-13(10-15(12)17)21(2,3)4/h5-8,10-11,18,22H,9H2,1-4H3. The van der Waals surface area contributed by atoms with Crippen LogP contribution in [0.15, 0.2) is 35.9 Å². The smallest absolute Gasteiger partial charge is 0.196 e. The van der Waals surface area contributed by atoms with Crippen LogP contribution in [0.25, 0.3) is 16.5 Å². The molecular formula is C21H22O3. The Hall–Kier alpha value is -2.13. The summed E-state index contributed by atoms with van der Waals surface area (Å²) in [6.45, 7) is 8.43. The summed E-state index contributed by atoms with van der Waals surface area (Å²) in [4.78, 5) is 12.9. The van der Waals surface area contributed by atoms with Gasteiger partial charge >= 0.3 is 0 Å². The van der Waals surface area contributed by atoms with Crippen molar-refractivity contribution in [1.29, 1.82) is 0 Å². The molecule has 3 heteroatoms. The molecule has 0 radical (unpaired) electrons. The molecule has 0 bridgehead atoms. The maximum absolute atomic E-state index is 12.9. The maximum Gasteiger partial charge on any atom is 0.196 e. The highest BCUT2D eigenvalue weighted by Crippen LogP contribution is 2.43. The van der Waals surface area contributed by atoms with Crippen LogP contribution in [0, 0.1) is 0 Å². The van der Waals surface area contributed by atoms with Crippen LogP contribution in [0.2, 0.25) is 0 Å². The van der Waals surface area contributed by atoms with Crippen molar-refractivity contribution in [3.63, 3.8) is 0 Å². The number of aliphatic hydroxyl groups excluding tert-OH is 1. The van der Waals surface area contributed by atoms with Gasteiger partial charge in [0.25, 0.3) is 0 Å². The highest BCUT2D eigenvalue weighted by molar-refractivity contribution is 6.17. The number of hydrogen-bond acceptors (Lipinski definition) is 3. The van der Waals surface area contributed by atoms with Crippen molar-refractivity contribution in [3.8, 4) is 0 Å². The molecule has 2 atom stereocenters. The SMILES string of the molecule is CC1CC2=C(O1)c1ccc3ccc(C(C)(C)C)cc3c1C(=O)C2O. The molecule has 24 heavy (non-hydrogen) atoms. The first-order chi connectivity index (χ1) is 11.3. The monoisotopic (exact) mass is 322 g/mol. The Morgan fingerprint density at radius 2 is 1.88 bits per heavy atom. The summed E-state index contributed by atoms with van der Waals surface area (Å²) >= 11 is 0. The molecule has 0 saturated heterocycles. The summed E-state index contributed by atoms with van der Waals surface area (Å²) in [6, 6.07) is 10.2. The molecule has 2 unspecified atom stereocenters. The third-order valence-corrected chi connectivity index (χ3v) is 5.08. The molecule has 1 N–H and O–H groups in total. The minimum absolute atomic E-state index is 0.00000593. The van der Waals surface area contributed by atoms with E-state index in [1.807, 2.05) is 19.1 Å². The number of ketones is 1. The molecule has 0 spiro atoms.